The third-order valence-electron chi connectivity index (χ3n) is 2.93. The average molecular weight is 181 g/mol. The third-order valence-corrected chi connectivity index (χ3v) is 2.93. The molecule has 0 radical (unpaired) electrons. The number of rotatable bonds is 5. The number of hydrogen-bond donors (Lipinski definition) is 1. The van der Waals surface area contributed by atoms with Crippen LogP contribution >= 0.6 is 0 Å². The minimum Gasteiger partial charge on any atom is -0.311 e. The predicted molar refractivity (Wildman–Crippen MR) is 58.9 cm³/mol. The van der Waals surface area contributed by atoms with Crippen LogP contribution in [0.25, 0.3) is 0 Å². The zero-order chi connectivity index (χ0) is 9.52. The third kappa shape index (κ3) is 4.47. The van der Waals surface area contributed by atoms with Crippen LogP contribution in [0.3, 0.4) is 0 Å². The lowest BCUT2D eigenvalue weighted by atomic mass is 9.94. The summed E-state index contributed by atoms with van der Waals surface area (Å²) in [5, 5.41) is 3.71. The lowest BCUT2D eigenvalue weighted by Gasteiger charge is -2.26. The van der Waals surface area contributed by atoms with Crippen molar-refractivity contribution >= 4 is 0 Å². The van der Waals surface area contributed by atoms with Crippen LogP contribution in [0.15, 0.2) is 12.7 Å². The van der Waals surface area contributed by atoms with E-state index in [4.69, 9.17) is 0 Å². The van der Waals surface area contributed by atoms with Crippen LogP contribution in [-0.4, -0.2) is 12.1 Å². The highest BCUT2D eigenvalue weighted by Crippen LogP contribution is 2.18. The molecule has 0 heterocycles. The molecule has 0 aliphatic heterocycles. The summed E-state index contributed by atoms with van der Waals surface area (Å²) >= 11 is 0. The van der Waals surface area contributed by atoms with Crippen molar-refractivity contribution in [2.75, 3.05) is 0 Å². The molecule has 1 aliphatic carbocycles. The minimum atomic E-state index is 0.668. The Hall–Kier alpha value is -0.300. The normalized spacial score (nSPS) is 21.3. The Balaban J connectivity index is 2.10. The lowest BCUT2D eigenvalue weighted by molar-refractivity contribution is 0.337. The van der Waals surface area contributed by atoms with E-state index in [1.807, 2.05) is 6.08 Å². The molecule has 0 bridgehead atoms. The van der Waals surface area contributed by atoms with Crippen LogP contribution in [0, 0.1) is 0 Å². The molecule has 1 heteroatoms. The molecule has 1 nitrogen and oxygen atoms in total. The van der Waals surface area contributed by atoms with Crippen LogP contribution in [0.1, 0.15) is 51.9 Å². The molecule has 1 unspecified atom stereocenters. The number of nitrogens with one attached hydrogen (secondary N) is 1. The summed E-state index contributed by atoms with van der Waals surface area (Å²) in [5.74, 6) is 0. The maximum absolute atomic E-state index is 3.75. The zero-order valence-electron chi connectivity index (χ0n) is 8.89. The highest BCUT2D eigenvalue weighted by Gasteiger charge is 2.14. The van der Waals surface area contributed by atoms with E-state index in [-0.39, 0.29) is 0 Å². The van der Waals surface area contributed by atoms with Crippen molar-refractivity contribution < 1.29 is 0 Å². The second-order valence-corrected chi connectivity index (χ2v) is 4.27. The second-order valence-electron chi connectivity index (χ2n) is 4.27. The summed E-state index contributed by atoms with van der Waals surface area (Å²) in [6.45, 7) is 6.04. The van der Waals surface area contributed by atoms with Gasteiger partial charge < -0.3 is 5.32 Å². The Kier molecular flexibility index (Phi) is 5.14. The molecule has 1 rings (SSSR count). The summed E-state index contributed by atoms with van der Waals surface area (Å²) < 4.78 is 0. The number of allylic oxidation sites excluding steroid dienone is 1. The van der Waals surface area contributed by atoms with Gasteiger partial charge in [0, 0.05) is 12.1 Å². The first-order valence-electron chi connectivity index (χ1n) is 5.70. The molecule has 0 aromatic carbocycles. The molecule has 1 fully saturated rings. The first-order chi connectivity index (χ1) is 6.33. The summed E-state index contributed by atoms with van der Waals surface area (Å²) in [5.41, 5.74) is 0. The van der Waals surface area contributed by atoms with Crippen LogP contribution in [0.4, 0.5) is 0 Å². The summed E-state index contributed by atoms with van der Waals surface area (Å²) in [6.07, 6.45) is 11.5. The molecule has 0 aromatic rings. The monoisotopic (exact) mass is 181 g/mol. The molecule has 13 heavy (non-hydrogen) atoms. The van der Waals surface area contributed by atoms with Gasteiger partial charge in [-0.1, -0.05) is 25.3 Å². The van der Waals surface area contributed by atoms with Gasteiger partial charge in [0.1, 0.15) is 0 Å². The van der Waals surface area contributed by atoms with Gasteiger partial charge in [0.25, 0.3) is 0 Å². The van der Waals surface area contributed by atoms with Crippen molar-refractivity contribution in [3.63, 3.8) is 0 Å². The Morgan fingerprint density at radius 3 is 2.69 bits per heavy atom. The summed E-state index contributed by atoms with van der Waals surface area (Å²) in [7, 11) is 0. The van der Waals surface area contributed by atoms with Crippen molar-refractivity contribution in [1.29, 1.82) is 0 Å². The van der Waals surface area contributed by atoms with Gasteiger partial charge in [0.15, 0.2) is 0 Å². The largest absolute Gasteiger partial charge is 0.311 e. The molecule has 1 atom stereocenters. The minimum absolute atomic E-state index is 0.668. The van der Waals surface area contributed by atoms with E-state index in [0.29, 0.717) is 6.04 Å². The molecule has 1 N–H and O–H groups in total. The topological polar surface area (TPSA) is 12.0 Å². The van der Waals surface area contributed by atoms with E-state index in [9.17, 15) is 0 Å². The second kappa shape index (κ2) is 6.20. The van der Waals surface area contributed by atoms with Gasteiger partial charge in [0.2, 0.25) is 0 Å². The van der Waals surface area contributed by atoms with E-state index >= 15 is 0 Å². The SMILES string of the molecule is C=CCCC(C)NC1CCCCC1. The van der Waals surface area contributed by atoms with Crippen LogP contribution < -0.4 is 5.32 Å². The van der Waals surface area contributed by atoms with E-state index < -0.39 is 0 Å². The molecule has 0 aromatic heterocycles. The van der Waals surface area contributed by atoms with E-state index in [0.717, 1.165) is 12.5 Å². The van der Waals surface area contributed by atoms with Gasteiger partial charge in [-0.25, -0.2) is 0 Å². The van der Waals surface area contributed by atoms with Gasteiger partial charge in [-0.2, -0.15) is 0 Å². The standard InChI is InChI=1S/C12H23N/c1-3-4-8-11(2)13-12-9-6-5-7-10-12/h3,11-13H,1,4-10H2,2H3. The molecular formula is C12H23N. The fraction of sp³-hybridized carbons (Fsp3) is 0.833. The fourth-order valence-corrected chi connectivity index (χ4v) is 2.12. The van der Waals surface area contributed by atoms with Crippen LogP contribution in [0.2, 0.25) is 0 Å². The Morgan fingerprint density at radius 1 is 1.38 bits per heavy atom. The highest BCUT2D eigenvalue weighted by molar-refractivity contribution is 4.77. The van der Waals surface area contributed by atoms with Crippen LogP contribution in [-0.2, 0) is 0 Å². The van der Waals surface area contributed by atoms with E-state index in [2.05, 4.69) is 18.8 Å². The van der Waals surface area contributed by atoms with Crippen molar-refractivity contribution in [1.82, 2.24) is 5.32 Å². The first-order valence-corrected chi connectivity index (χ1v) is 5.70. The van der Waals surface area contributed by atoms with Crippen molar-refractivity contribution in [2.24, 2.45) is 0 Å². The molecular weight excluding hydrogens is 158 g/mol. The molecule has 0 saturated heterocycles. The first kappa shape index (κ1) is 10.8. The molecule has 0 amide bonds. The lowest BCUT2D eigenvalue weighted by Crippen LogP contribution is -2.37. The maximum atomic E-state index is 3.75. The Bertz CT molecular complexity index is 136. The molecule has 0 spiro atoms. The van der Waals surface area contributed by atoms with E-state index in [1.54, 1.807) is 0 Å². The quantitative estimate of drug-likeness (QED) is 0.642. The van der Waals surface area contributed by atoms with Gasteiger partial charge >= 0.3 is 0 Å². The van der Waals surface area contributed by atoms with Crippen molar-refractivity contribution in [3.05, 3.63) is 12.7 Å². The Labute approximate surface area is 82.6 Å². The van der Waals surface area contributed by atoms with Crippen LogP contribution in [0.5, 0.6) is 0 Å². The number of hydrogen-bond acceptors (Lipinski definition) is 1. The fourth-order valence-electron chi connectivity index (χ4n) is 2.12. The zero-order valence-corrected chi connectivity index (χ0v) is 8.89. The maximum Gasteiger partial charge on any atom is 0.00695 e. The van der Waals surface area contributed by atoms with Crippen molar-refractivity contribution in [2.45, 2.75) is 64.0 Å². The predicted octanol–water partition coefficient (Wildman–Crippen LogP) is 3.26. The highest BCUT2D eigenvalue weighted by atomic mass is 14.9. The average Bonchev–Trinajstić information content (AvgIpc) is 2.16. The van der Waals surface area contributed by atoms with Crippen molar-refractivity contribution in [3.8, 4) is 0 Å². The smallest absolute Gasteiger partial charge is 0.00695 e. The van der Waals surface area contributed by atoms with Gasteiger partial charge in [0.05, 0.1) is 0 Å². The molecule has 76 valence electrons. The molecule has 1 saturated carbocycles. The van der Waals surface area contributed by atoms with Gasteiger partial charge in [-0.15, -0.1) is 6.58 Å². The summed E-state index contributed by atoms with van der Waals surface area (Å²) in [6, 6.07) is 1.47. The molecule has 1 aliphatic rings. The van der Waals surface area contributed by atoms with Gasteiger partial charge in [-0.3, -0.25) is 0 Å². The van der Waals surface area contributed by atoms with Gasteiger partial charge in [-0.05, 0) is 32.6 Å². The summed E-state index contributed by atoms with van der Waals surface area (Å²) in [4.78, 5) is 0. The van der Waals surface area contributed by atoms with E-state index in [1.165, 1.54) is 38.5 Å². The Morgan fingerprint density at radius 2 is 2.08 bits per heavy atom.